The Morgan fingerprint density at radius 1 is 1.13 bits per heavy atom. The molecule has 2 aromatic heterocycles. The van der Waals surface area contributed by atoms with Crippen molar-refractivity contribution in [3.63, 3.8) is 0 Å². The van der Waals surface area contributed by atoms with Crippen molar-refractivity contribution >= 4 is 58.2 Å². The molecule has 206 valence electrons. The fourth-order valence-corrected chi connectivity index (χ4v) is 5.15. The summed E-state index contributed by atoms with van der Waals surface area (Å²) >= 11 is 1.63. The Bertz CT molecular complexity index is 1390. The summed E-state index contributed by atoms with van der Waals surface area (Å²) in [6.07, 6.45) is 1.69. The number of rotatable bonds is 10. The molecule has 13 nitrogen and oxygen atoms in total. The predicted octanol–water partition coefficient (Wildman–Crippen LogP) is 1.70. The number of thioether (sulfide) groups is 1. The minimum atomic E-state index is -0.972. The van der Waals surface area contributed by atoms with Gasteiger partial charge in [-0.3, -0.25) is 9.59 Å². The SMILES string of the molecule is CCOC(=O)CC[C@H](NC(=O)c1ccc2c(c1)SCCN2Cc1cnc2nc(N)nc(N)c2n1)C(=O)OCC. The van der Waals surface area contributed by atoms with E-state index in [2.05, 4.69) is 30.2 Å². The van der Waals surface area contributed by atoms with E-state index in [-0.39, 0.29) is 37.8 Å². The first kappa shape index (κ1) is 27.8. The Morgan fingerprint density at radius 3 is 2.69 bits per heavy atom. The van der Waals surface area contributed by atoms with Gasteiger partial charge in [-0.2, -0.15) is 9.97 Å². The maximum Gasteiger partial charge on any atom is 0.328 e. The number of carbonyl (C=O) groups excluding carboxylic acids is 3. The van der Waals surface area contributed by atoms with Crippen LogP contribution in [-0.2, 0) is 25.6 Å². The molecule has 0 saturated carbocycles. The first-order valence-corrected chi connectivity index (χ1v) is 13.5. The number of hydrogen-bond donors (Lipinski definition) is 3. The van der Waals surface area contributed by atoms with Crippen molar-refractivity contribution in [1.29, 1.82) is 0 Å². The molecule has 0 fully saturated rings. The van der Waals surface area contributed by atoms with Gasteiger partial charge in [0, 0.05) is 29.2 Å². The molecule has 1 aliphatic heterocycles. The number of nitrogens with two attached hydrogens (primary N) is 2. The van der Waals surface area contributed by atoms with Crippen LogP contribution in [0, 0.1) is 0 Å². The van der Waals surface area contributed by atoms with E-state index in [1.165, 1.54) is 0 Å². The number of benzene rings is 1. The van der Waals surface area contributed by atoms with Gasteiger partial charge >= 0.3 is 11.9 Å². The second-order valence-electron chi connectivity index (χ2n) is 8.57. The second kappa shape index (κ2) is 12.6. The maximum absolute atomic E-state index is 13.1. The third-order valence-corrected chi connectivity index (χ3v) is 6.88. The Balaban J connectivity index is 1.48. The first-order valence-electron chi connectivity index (χ1n) is 12.5. The Morgan fingerprint density at radius 2 is 1.92 bits per heavy atom. The molecule has 0 unspecified atom stereocenters. The third-order valence-electron chi connectivity index (χ3n) is 5.85. The number of aromatic nitrogens is 4. The highest BCUT2D eigenvalue weighted by Crippen LogP contribution is 2.36. The number of anilines is 3. The fraction of sp³-hybridized carbons (Fsp3) is 0.400. The first-order chi connectivity index (χ1) is 18.8. The highest BCUT2D eigenvalue weighted by molar-refractivity contribution is 7.99. The lowest BCUT2D eigenvalue weighted by molar-refractivity contribution is -0.146. The van der Waals surface area contributed by atoms with Gasteiger partial charge in [0.05, 0.1) is 37.3 Å². The van der Waals surface area contributed by atoms with Gasteiger partial charge in [0.2, 0.25) is 5.95 Å². The third kappa shape index (κ3) is 6.82. The Labute approximate surface area is 229 Å². The second-order valence-corrected chi connectivity index (χ2v) is 9.71. The normalized spacial score (nSPS) is 13.4. The van der Waals surface area contributed by atoms with E-state index in [1.54, 1.807) is 43.9 Å². The highest BCUT2D eigenvalue weighted by Gasteiger charge is 2.25. The lowest BCUT2D eigenvalue weighted by atomic mass is 10.1. The van der Waals surface area contributed by atoms with Crippen LogP contribution >= 0.6 is 11.8 Å². The molecule has 3 heterocycles. The molecule has 0 saturated heterocycles. The molecule has 1 aliphatic rings. The van der Waals surface area contributed by atoms with Crippen molar-refractivity contribution in [1.82, 2.24) is 25.3 Å². The molecule has 14 heteroatoms. The van der Waals surface area contributed by atoms with E-state index < -0.39 is 23.9 Å². The summed E-state index contributed by atoms with van der Waals surface area (Å²) in [6.45, 7) is 5.00. The molecule has 1 atom stereocenters. The summed E-state index contributed by atoms with van der Waals surface area (Å²) in [4.78, 5) is 57.2. The summed E-state index contributed by atoms with van der Waals surface area (Å²) in [5.74, 6) is -0.476. The number of carbonyl (C=O) groups is 3. The average Bonchev–Trinajstić information content (AvgIpc) is 2.91. The van der Waals surface area contributed by atoms with Gasteiger partial charge in [-0.05, 0) is 38.5 Å². The number of fused-ring (bicyclic) bond motifs is 2. The van der Waals surface area contributed by atoms with Crippen LogP contribution in [0.2, 0.25) is 0 Å². The number of nitrogens with one attached hydrogen (secondary N) is 1. The molecule has 4 rings (SSSR count). The highest BCUT2D eigenvalue weighted by atomic mass is 32.2. The number of amides is 1. The predicted molar refractivity (Wildman–Crippen MR) is 146 cm³/mol. The summed E-state index contributed by atoms with van der Waals surface area (Å²) in [6, 6.07) is 4.37. The van der Waals surface area contributed by atoms with Crippen LogP contribution in [0.1, 0.15) is 42.7 Å². The lowest BCUT2D eigenvalue weighted by Crippen LogP contribution is -2.42. The minimum absolute atomic E-state index is 0.0184. The Hall–Kier alpha value is -4.20. The number of hydrogen-bond acceptors (Lipinski definition) is 13. The van der Waals surface area contributed by atoms with Crippen molar-refractivity contribution in [2.75, 3.05) is 41.9 Å². The molecule has 1 aromatic carbocycles. The van der Waals surface area contributed by atoms with E-state index >= 15 is 0 Å². The summed E-state index contributed by atoms with van der Waals surface area (Å²) in [7, 11) is 0. The van der Waals surface area contributed by atoms with Gasteiger partial charge in [0.15, 0.2) is 17.0 Å². The van der Waals surface area contributed by atoms with Crippen LogP contribution < -0.4 is 21.7 Å². The van der Waals surface area contributed by atoms with E-state index in [4.69, 9.17) is 20.9 Å². The fourth-order valence-electron chi connectivity index (χ4n) is 4.07. The number of nitrogen functional groups attached to an aromatic ring is 2. The largest absolute Gasteiger partial charge is 0.466 e. The summed E-state index contributed by atoms with van der Waals surface area (Å²) < 4.78 is 10.0. The molecule has 1 amide bonds. The van der Waals surface area contributed by atoms with Gasteiger partial charge in [0.1, 0.15) is 6.04 Å². The molecule has 3 aromatic rings. The van der Waals surface area contributed by atoms with E-state index in [1.807, 2.05) is 6.07 Å². The van der Waals surface area contributed by atoms with E-state index in [9.17, 15) is 14.4 Å². The van der Waals surface area contributed by atoms with Crippen LogP contribution in [0.25, 0.3) is 11.2 Å². The van der Waals surface area contributed by atoms with Crippen LogP contribution in [0.5, 0.6) is 0 Å². The van der Waals surface area contributed by atoms with Gasteiger partial charge in [-0.15, -0.1) is 11.8 Å². The molecule has 0 bridgehead atoms. The molecule has 5 N–H and O–H groups in total. The van der Waals surface area contributed by atoms with Crippen molar-refractivity contribution in [3.05, 3.63) is 35.7 Å². The van der Waals surface area contributed by atoms with Gasteiger partial charge < -0.3 is 31.2 Å². The van der Waals surface area contributed by atoms with E-state index in [0.29, 0.717) is 29.0 Å². The maximum atomic E-state index is 13.1. The van der Waals surface area contributed by atoms with Gasteiger partial charge in [-0.1, -0.05) is 0 Å². The van der Waals surface area contributed by atoms with Crippen LogP contribution in [0.15, 0.2) is 29.3 Å². The van der Waals surface area contributed by atoms with Crippen molar-refractivity contribution in [2.45, 2.75) is 44.2 Å². The number of esters is 2. The molecule has 0 aliphatic carbocycles. The topological polar surface area (TPSA) is 189 Å². The van der Waals surface area contributed by atoms with Crippen LogP contribution in [0.4, 0.5) is 17.5 Å². The molecular formula is C25H30N8O5S. The number of ether oxygens (including phenoxy) is 2. The smallest absolute Gasteiger partial charge is 0.328 e. The van der Waals surface area contributed by atoms with E-state index in [0.717, 1.165) is 22.9 Å². The van der Waals surface area contributed by atoms with Crippen molar-refractivity contribution in [3.8, 4) is 0 Å². The quantitative estimate of drug-likeness (QED) is 0.307. The zero-order chi connectivity index (χ0) is 27.9. The zero-order valence-corrected chi connectivity index (χ0v) is 22.5. The van der Waals surface area contributed by atoms with Crippen LogP contribution in [-0.4, -0.2) is 69.3 Å². The Kier molecular flexibility index (Phi) is 8.96. The number of nitrogens with zero attached hydrogens (tertiary/aromatic N) is 5. The summed E-state index contributed by atoms with van der Waals surface area (Å²) in [5, 5.41) is 2.70. The monoisotopic (exact) mass is 554 g/mol. The lowest BCUT2D eigenvalue weighted by Gasteiger charge is -2.31. The molecule has 0 spiro atoms. The average molecular weight is 555 g/mol. The van der Waals surface area contributed by atoms with Crippen molar-refractivity contribution < 1.29 is 23.9 Å². The minimum Gasteiger partial charge on any atom is -0.466 e. The van der Waals surface area contributed by atoms with Gasteiger partial charge in [-0.25, -0.2) is 14.8 Å². The molecule has 0 radical (unpaired) electrons. The zero-order valence-electron chi connectivity index (χ0n) is 21.7. The van der Waals surface area contributed by atoms with Crippen LogP contribution in [0.3, 0.4) is 0 Å². The summed E-state index contributed by atoms with van der Waals surface area (Å²) in [5.41, 5.74) is 14.3. The molecule has 39 heavy (non-hydrogen) atoms. The standard InChI is InChI=1S/C25H30N8O5S/c1-3-37-19(34)8-6-16(24(36)38-4-2)30-23(35)14-5-7-17-18(11-14)39-10-9-33(17)13-15-12-28-22-20(29-15)21(26)31-25(27)32-22/h5,7,11-12,16H,3-4,6,8-10,13H2,1-2H3,(H,30,35)(H4,26,27,28,31,32)/t16-/m0/s1. The van der Waals surface area contributed by atoms with Crippen molar-refractivity contribution in [2.24, 2.45) is 0 Å². The molecular weight excluding hydrogens is 524 g/mol. The van der Waals surface area contributed by atoms with Gasteiger partial charge in [0.25, 0.3) is 5.91 Å².